The number of anilines is 1. The van der Waals surface area contributed by atoms with Gasteiger partial charge in [-0.1, -0.05) is 32.9 Å². The number of nitriles is 1. The van der Waals surface area contributed by atoms with Crippen LogP contribution < -0.4 is 9.64 Å². The van der Waals surface area contributed by atoms with Crippen LogP contribution in [0.2, 0.25) is 0 Å². The quantitative estimate of drug-likeness (QED) is 0.543. The first-order valence-corrected chi connectivity index (χ1v) is 11.5. The van der Waals surface area contributed by atoms with Crippen molar-refractivity contribution in [2.75, 3.05) is 24.6 Å². The smallest absolute Gasteiger partial charge is 0.265 e. The lowest BCUT2D eigenvalue weighted by Crippen LogP contribution is -2.40. The highest BCUT2D eigenvalue weighted by molar-refractivity contribution is 5.98. The number of amides is 2. The first-order valence-electron chi connectivity index (χ1n) is 11.5. The lowest BCUT2D eigenvalue weighted by Gasteiger charge is -2.32. The minimum absolute atomic E-state index is 0.00671. The predicted molar refractivity (Wildman–Crippen MR) is 127 cm³/mol. The molecule has 174 valence electrons. The van der Waals surface area contributed by atoms with E-state index < -0.39 is 0 Å². The molecule has 2 aromatic rings. The summed E-state index contributed by atoms with van der Waals surface area (Å²) in [5.74, 6) is 0.567. The van der Waals surface area contributed by atoms with Crippen LogP contribution in [0.4, 0.5) is 5.69 Å². The van der Waals surface area contributed by atoms with Gasteiger partial charge in [0.1, 0.15) is 5.75 Å². The van der Waals surface area contributed by atoms with Gasteiger partial charge < -0.3 is 14.5 Å². The van der Waals surface area contributed by atoms with Crippen LogP contribution in [0.3, 0.4) is 0 Å². The highest BCUT2D eigenvalue weighted by Crippen LogP contribution is 2.37. The fraction of sp³-hybridized carbons (Fsp3) is 0.462. The Kier molecular flexibility index (Phi) is 8.05. The monoisotopic (exact) mass is 448 g/mol. The molecule has 2 amide bonds. The summed E-state index contributed by atoms with van der Waals surface area (Å²) in [5, 5.41) is 8.97. The minimum atomic E-state index is -0.0990. The lowest BCUT2D eigenvalue weighted by molar-refractivity contribution is -0.132. The van der Waals surface area contributed by atoms with Crippen molar-refractivity contribution in [3.63, 3.8) is 0 Å². The van der Waals surface area contributed by atoms with Gasteiger partial charge in [-0.15, -0.1) is 0 Å². The highest BCUT2D eigenvalue weighted by atomic mass is 16.5. The molecule has 3 rings (SSSR count). The van der Waals surface area contributed by atoms with E-state index in [1.54, 1.807) is 22.2 Å². The van der Waals surface area contributed by atoms with Crippen molar-refractivity contribution in [2.45, 2.75) is 58.4 Å². The third-order valence-corrected chi connectivity index (χ3v) is 6.28. The van der Waals surface area contributed by atoms with Gasteiger partial charge in [0, 0.05) is 38.4 Å². The standard InChI is InChI=1S/C26H32N4O3/c1-4-26(2,3)21-10-11-23-22(16-21)30(25(32)19-33-23)15-6-9-24(31)29(14-7-12-27)18-20-8-5-13-28-17-20/h5,8,10-11,13,16-17H,4,6-7,9,14-15,18-19H2,1-3H3. The molecule has 0 bridgehead atoms. The number of rotatable bonds is 10. The second-order valence-electron chi connectivity index (χ2n) is 8.94. The van der Waals surface area contributed by atoms with Crippen molar-refractivity contribution in [1.29, 1.82) is 5.26 Å². The molecule has 0 unspecified atom stereocenters. The van der Waals surface area contributed by atoms with E-state index in [1.807, 2.05) is 24.3 Å². The Morgan fingerprint density at radius 3 is 2.85 bits per heavy atom. The van der Waals surface area contributed by atoms with Gasteiger partial charge in [0.25, 0.3) is 5.91 Å². The molecule has 1 aliphatic rings. The molecule has 7 nitrogen and oxygen atoms in total. The molecule has 2 heterocycles. The van der Waals surface area contributed by atoms with Gasteiger partial charge in [0.2, 0.25) is 5.91 Å². The summed E-state index contributed by atoms with van der Waals surface area (Å²) in [7, 11) is 0. The maximum Gasteiger partial charge on any atom is 0.265 e. The molecule has 1 aromatic heterocycles. The molecule has 1 aromatic carbocycles. The van der Waals surface area contributed by atoms with Crippen molar-refractivity contribution < 1.29 is 14.3 Å². The zero-order valence-corrected chi connectivity index (χ0v) is 19.7. The molecule has 0 radical (unpaired) electrons. The minimum Gasteiger partial charge on any atom is -0.482 e. The summed E-state index contributed by atoms with van der Waals surface area (Å²) in [6.45, 7) is 7.75. The summed E-state index contributed by atoms with van der Waals surface area (Å²) in [6.07, 6.45) is 5.50. The van der Waals surface area contributed by atoms with Crippen LogP contribution in [0.5, 0.6) is 5.75 Å². The van der Waals surface area contributed by atoms with Crippen molar-refractivity contribution in [2.24, 2.45) is 0 Å². The number of hydrogen-bond donors (Lipinski definition) is 0. The van der Waals surface area contributed by atoms with E-state index >= 15 is 0 Å². The van der Waals surface area contributed by atoms with E-state index in [0.29, 0.717) is 38.2 Å². The Hall–Kier alpha value is -3.40. The highest BCUT2D eigenvalue weighted by Gasteiger charge is 2.28. The van der Waals surface area contributed by atoms with Crippen molar-refractivity contribution in [3.8, 4) is 11.8 Å². The number of benzene rings is 1. The maximum absolute atomic E-state index is 12.9. The van der Waals surface area contributed by atoms with Crippen molar-refractivity contribution in [3.05, 3.63) is 53.9 Å². The third kappa shape index (κ3) is 6.10. The molecule has 0 fully saturated rings. The van der Waals surface area contributed by atoms with Crippen molar-refractivity contribution in [1.82, 2.24) is 9.88 Å². The van der Waals surface area contributed by atoms with E-state index in [1.165, 1.54) is 0 Å². The van der Waals surface area contributed by atoms with Gasteiger partial charge in [-0.3, -0.25) is 14.6 Å². The average molecular weight is 449 g/mol. The predicted octanol–water partition coefficient (Wildman–Crippen LogP) is 4.22. The molecule has 0 saturated heterocycles. The van der Waals surface area contributed by atoms with Crippen LogP contribution in [-0.2, 0) is 21.5 Å². The summed E-state index contributed by atoms with van der Waals surface area (Å²) in [5.41, 5.74) is 2.84. The molecule has 0 atom stereocenters. The zero-order chi connectivity index (χ0) is 23.8. The van der Waals surface area contributed by atoms with Crippen LogP contribution in [0.25, 0.3) is 0 Å². The van der Waals surface area contributed by atoms with E-state index in [0.717, 1.165) is 23.2 Å². The van der Waals surface area contributed by atoms with Crippen molar-refractivity contribution >= 4 is 17.5 Å². The third-order valence-electron chi connectivity index (χ3n) is 6.28. The topological polar surface area (TPSA) is 86.5 Å². The van der Waals surface area contributed by atoms with Crippen LogP contribution in [0.15, 0.2) is 42.7 Å². The van der Waals surface area contributed by atoms with Gasteiger partial charge in [-0.05, 0) is 47.6 Å². The molecule has 0 spiro atoms. The van der Waals surface area contributed by atoms with Gasteiger partial charge >= 0.3 is 0 Å². The molecule has 7 heteroatoms. The van der Waals surface area contributed by atoms with E-state index in [9.17, 15) is 9.59 Å². The SMILES string of the molecule is CCC(C)(C)c1ccc2c(c1)N(CCCC(=O)N(CCC#N)Cc1cccnc1)C(=O)CO2. The lowest BCUT2D eigenvalue weighted by atomic mass is 9.82. The molecule has 0 aliphatic carbocycles. The zero-order valence-electron chi connectivity index (χ0n) is 19.7. The fourth-order valence-corrected chi connectivity index (χ4v) is 3.81. The molecular weight excluding hydrogens is 416 g/mol. The Morgan fingerprint density at radius 1 is 1.33 bits per heavy atom. The first kappa shape index (κ1) is 24.2. The maximum atomic E-state index is 12.9. The molecule has 33 heavy (non-hydrogen) atoms. The van der Waals surface area contributed by atoms with E-state index in [4.69, 9.17) is 10.00 Å². The molecule has 0 N–H and O–H groups in total. The number of fused-ring (bicyclic) bond motifs is 1. The second kappa shape index (κ2) is 11.0. The first-order chi connectivity index (χ1) is 15.9. The van der Waals surface area contributed by atoms with Crippen LogP contribution >= 0.6 is 0 Å². The fourth-order valence-electron chi connectivity index (χ4n) is 3.81. The van der Waals surface area contributed by atoms with Gasteiger partial charge in [0.05, 0.1) is 18.2 Å². The second-order valence-corrected chi connectivity index (χ2v) is 8.94. The van der Waals surface area contributed by atoms with Crippen LogP contribution in [0.1, 0.15) is 57.6 Å². The van der Waals surface area contributed by atoms with Gasteiger partial charge in [-0.2, -0.15) is 5.26 Å². The van der Waals surface area contributed by atoms with Gasteiger partial charge in [-0.25, -0.2) is 0 Å². The average Bonchev–Trinajstić information content (AvgIpc) is 2.83. The Balaban J connectivity index is 1.67. The van der Waals surface area contributed by atoms with Crippen LogP contribution in [-0.4, -0.2) is 41.4 Å². The summed E-state index contributed by atoms with van der Waals surface area (Å²) in [4.78, 5) is 33.1. The normalized spacial score (nSPS) is 13.2. The summed E-state index contributed by atoms with van der Waals surface area (Å²) < 4.78 is 5.64. The van der Waals surface area contributed by atoms with E-state index in [2.05, 4.69) is 37.9 Å². The molecule has 1 aliphatic heterocycles. The number of hydrogen-bond acceptors (Lipinski definition) is 5. The number of ether oxygens (including phenoxy) is 1. The summed E-state index contributed by atoms with van der Waals surface area (Å²) >= 11 is 0. The molecular formula is C26H32N4O3. The molecule has 0 saturated carbocycles. The Labute approximate surface area is 196 Å². The number of pyridine rings is 1. The Morgan fingerprint density at radius 2 is 2.15 bits per heavy atom. The number of nitrogens with zero attached hydrogens (tertiary/aromatic N) is 4. The number of carbonyl (C=O) groups is 2. The summed E-state index contributed by atoms with van der Waals surface area (Å²) in [6, 6.07) is 11.9. The number of carbonyl (C=O) groups excluding carboxylic acids is 2. The number of aromatic nitrogens is 1. The van der Waals surface area contributed by atoms with Crippen LogP contribution in [0, 0.1) is 11.3 Å². The largest absolute Gasteiger partial charge is 0.482 e. The Bertz CT molecular complexity index is 1010. The van der Waals surface area contributed by atoms with E-state index in [-0.39, 0.29) is 30.3 Å². The van der Waals surface area contributed by atoms with Gasteiger partial charge in [0.15, 0.2) is 6.61 Å².